The van der Waals surface area contributed by atoms with Crippen molar-refractivity contribution in [3.05, 3.63) is 65.7 Å². The normalized spacial score (nSPS) is 11.4. The van der Waals surface area contributed by atoms with E-state index in [1.54, 1.807) is 19.2 Å². The first-order valence-electron chi connectivity index (χ1n) is 8.61. The lowest BCUT2D eigenvalue weighted by atomic mass is 10.1. The molecule has 0 unspecified atom stereocenters. The van der Waals surface area contributed by atoms with Crippen LogP contribution in [0.3, 0.4) is 0 Å². The average Bonchev–Trinajstić information content (AvgIpc) is 2.71. The molecule has 1 atom stereocenters. The van der Waals surface area contributed by atoms with Crippen LogP contribution in [-0.4, -0.2) is 47.9 Å². The fourth-order valence-electron chi connectivity index (χ4n) is 2.39. The Morgan fingerprint density at radius 1 is 1.07 bits per heavy atom. The topological polar surface area (TPSA) is 116 Å². The molecule has 0 radical (unpaired) electrons. The molecule has 0 aliphatic heterocycles. The molecule has 0 saturated heterocycles. The summed E-state index contributed by atoms with van der Waals surface area (Å²) in [6.45, 7) is -0.210. The van der Waals surface area contributed by atoms with E-state index in [9.17, 15) is 14.4 Å². The molecule has 0 spiro atoms. The summed E-state index contributed by atoms with van der Waals surface area (Å²) >= 11 is 0. The van der Waals surface area contributed by atoms with Crippen LogP contribution < -0.4 is 10.2 Å². The quantitative estimate of drug-likeness (QED) is 0.639. The van der Waals surface area contributed by atoms with Gasteiger partial charge in [-0.1, -0.05) is 30.3 Å². The lowest BCUT2D eigenvalue weighted by Gasteiger charge is -2.18. The van der Waals surface area contributed by atoms with Gasteiger partial charge in [-0.25, -0.2) is 9.59 Å². The number of aliphatic hydroxyl groups excluding tert-OH is 1. The molecule has 28 heavy (non-hydrogen) atoms. The molecular formula is C20H22N2O6. The number of aliphatic hydroxyl groups is 1. The van der Waals surface area contributed by atoms with E-state index in [-0.39, 0.29) is 25.2 Å². The number of benzene rings is 2. The monoisotopic (exact) mass is 386 g/mol. The number of aliphatic carboxylic acids is 1. The first-order valence-corrected chi connectivity index (χ1v) is 8.61. The Labute approximate surface area is 162 Å². The number of carboxylic acids is 1. The highest BCUT2D eigenvalue weighted by Crippen LogP contribution is 2.16. The maximum Gasteiger partial charge on any atom is 0.414 e. The fraction of sp³-hybridized carbons (Fsp3) is 0.250. The van der Waals surface area contributed by atoms with Crippen molar-refractivity contribution in [2.75, 3.05) is 18.6 Å². The molecule has 0 bridgehead atoms. The second-order valence-electron chi connectivity index (χ2n) is 6.02. The molecule has 2 rings (SSSR count). The van der Waals surface area contributed by atoms with Crippen molar-refractivity contribution in [3.63, 3.8) is 0 Å². The van der Waals surface area contributed by atoms with E-state index in [1.165, 1.54) is 17.0 Å². The van der Waals surface area contributed by atoms with E-state index in [4.69, 9.17) is 14.9 Å². The van der Waals surface area contributed by atoms with Gasteiger partial charge >= 0.3 is 12.1 Å². The van der Waals surface area contributed by atoms with Crippen LogP contribution in [0.2, 0.25) is 0 Å². The molecule has 8 heteroatoms. The van der Waals surface area contributed by atoms with E-state index < -0.39 is 24.0 Å². The number of hydrogen-bond donors (Lipinski definition) is 3. The highest BCUT2D eigenvalue weighted by atomic mass is 16.6. The maximum atomic E-state index is 12.2. The predicted octanol–water partition coefficient (Wildman–Crippen LogP) is 2.03. The minimum Gasteiger partial charge on any atom is -0.480 e. The van der Waals surface area contributed by atoms with Crippen LogP contribution >= 0.6 is 0 Å². The van der Waals surface area contributed by atoms with Crippen molar-refractivity contribution >= 4 is 23.7 Å². The second kappa shape index (κ2) is 10.1. The van der Waals surface area contributed by atoms with Crippen molar-refractivity contribution in [1.82, 2.24) is 5.32 Å². The molecule has 0 aliphatic rings. The Balaban J connectivity index is 1.95. The molecule has 2 amide bonds. The van der Waals surface area contributed by atoms with Crippen LogP contribution in [0.15, 0.2) is 54.6 Å². The van der Waals surface area contributed by atoms with E-state index in [0.29, 0.717) is 5.69 Å². The Bertz CT molecular complexity index is 807. The molecule has 0 aromatic heterocycles. The predicted molar refractivity (Wildman–Crippen MR) is 102 cm³/mol. The number of carboxylic acid groups (broad SMARTS) is 1. The van der Waals surface area contributed by atoms with Gasteiger partial charge in [0.1, 0.15) is 12.6 Å². The summed E-state index contributed by atoms with van der Waals surface area (Å²) in [5, 5.41) is 20.2. The summed E-state index contributed by atoms with van der Waals surface area (Å²) in [7, 11) is 1.55. The van der Waals surface area contributed by atoms with Gasteiger partial charge in [-0.3, -0.25) is 9.69 Å². The zero-order valence-corrected chi connectivity index (χ0v) is 15.4. The maximum absolute atomic E-state index is 12.2. The van der Waals surface area contributed by atoms with Crippen LogP contribution in [0.1, 0.15) is 22.3 Å². The van der Waals surface area contributed by atoms with Gasteiger partial charge in [0.15, 0.2) is 0 Å². The Morgan fingerprint density at radius 2 is 1.71 bits per heavy atom. The lowest BCUT2D eigenvalue weighted by Crippen LogP contribution is -2.41. The Morgan fingerprint density at radius 3 is 2.29 bits per heavy atom. The van der Waals surface area contributed by atoms with Crippen molar-refractivity contribution in [1.29, 1.82) is 0 Å². The Hall–Kier alpha value is -3.39. The second-order valence-corrected chi connectivity index (χ2v) is 6.02. The minimum absolute atomic E-state index is 0.0881. The minimum atomic E-state index is -1.22. The first-order chi connectivity index (χ1) is 13.4. The van der Waals surface area contributed by atoms with Gasteiger partial charge in [0, 0.05) is 31.3 Å². The average molecular weight is 386 g/mol. The van der Waals surface area contributed by atoms with Crippen molar-refractivity contribution in [3.8, 4) is 0 Å². The number of amides is 2. The summed E-state index contributed by atoms with van der Waals surface area (Å²) in [5.41, 5.74) is 1.62. The van der Waals surface area contributed by atoms with Crippen LogP contribution in [0.25, 0.3) is 0 Å². The number of carbonyl (C=O) groups excluding carboxylic acids is 2. The van der Waals surface area contributed by atoms with Gasteiger partial charge in [0.2, 0.25) is 0 Å². The number of carbonyl (C=O) groups is 3. The van der Waals surface area contributed by atoms with Gasteiger partial charge in [-0.05, 0) is 29.8 Å². The van der Waals surface area contributed by atoms with Gasteiger partial charge in [0.05, 0.1) is 0 Å². The Kier molecular flexibility index (Phi) is 7.53. The highest BCUT2D eigenvalue weighted by Gasteiger charge is 2.20. The van der Waals surface area contributed by atoms with Crippen LogP contribution in [0.4, 0.5) is 10.5 Å². The third kappa shape index (κ3) is 5.82. The summed E-state index contributed by atoms with van der Waals surface area (Å²) in [5.74, 6) is -1.80. The van der Waals surface area contributed by atoms with Gasteiger partial charge in [0.25, 0.3) is 5.91 Å². The molecule has 0 fully saturated rings. The zero-order chi connectivity index (χ0) is 20.5. The SMILES string of the molecule is CN(C(=O)OCc1ccccc1)c1ccc(C(=O)N[C@@H](CCO)C(=O)O)cc1. The fourth-order valence-corrected chi connectivity index (χ4v) is 2.39. The molecule has 3 N–H and O–H groups in total. The number of ether oxygens (including phenoxy) is 1. The van der Waals surface area contributed by atoms with Crippen LogP contribution in [-0.2, 0) is 16.1 Å². The summed E-state index contributed by atoms with van der Waals surface area (Å²) in [4.78, 5) is 36.7. The molecule has 148 valence electrons. The van der Waals surface area contributed by atoms with Crippen LogP contribution in [0.5, 0.6) is 0 Å². The van der Waals surface area contributed by atoms with Crippen molar-refractivity contribution in [2.45, 2.75) is 19.1 Å². The molecule has 2 aromatic rings. The smallest absolute Gasteiger partial charge is 0.414 e. The number of rotatable bonds is 8. The van der Waals surface area contributed by atoms with E-state index in [1.807, 2.05) is 30.3 Å². The highest BCUT2D eigenvalue weighted by molar-refractivity contribution is 5.97. The molecular weight excluding hydrogens is 364 g/mol. The molecule has 0 heterocycles. The summed E-state index contributed by atoms with van der Waals surface area (Å²) in [6.07, 6.45) is -0.634. The van der Waals surface area contributed by atoms with Crippen LogP contribution in [0, 0.1) is 0 Å². The van der Waals surface area contributed by atoms with E-state index in [0.717, 1.165) is 5.56 Å². The number of nitrogens with one attached hydrogen (secondary N) is 1. The summed E-state index contributed by atoms with van der Waals surface area (Å²) < 4.78 is 5.25. The third-order valence-electron chi connectivity index (χ3n) is 4.02. The zero-order valence-electron chi connectivity index (χ0n) is 15.4. The number of nitrogens with zero attached hydrogens (tertiary/aromatic N) is 1. The van der Waals surface area contributed by atoms with E-state index in [2.05, 4.69) is 5.32 Å². The largest absolute Gasteiger partial charge is 0.480 e. The molecule has 2 aromatic carbocycles. The molecule has 0 aliphatic carbocycles. The molecule has 0 saturated carbocycles. The standard InChI is InChI=1S/C20H22N2O6/c1-22(20(27)28-13-14-5-3-2-4-6-14)16-9-7-15(8-10-16)18(24)21-17(11-12-23)19(25)26/h2-10,17,23H,11-13H2,1H3,(H,21,24)(H,25,26)/t17-/m0/s1. The number of hydrogen-bond acceptors (Lipinski definition) is 5. The van der Waals surface area contributed by atoms with Crippen molar-refractivity contribution in [2.24, 2.45) is 0 Å². The van der Waals surface area contributed by atoms with Gasteiger partial charge < -0.3 is 20.3 Å². The first kappa shape index (κ1) is 20.9. The lowest BCUT2D eigenvalue weighted by molar-refractivity contribution is -0.139. The van der Waals surface area contributed by atoms with Gasteiger partial charge in [-0.2, -0.15) is 0 Å². The summed E-state index contributed by atoms with van der Waals surface area (Å²) in [6, 6.07) is 14.2. The van der Waals surface area contributed by atoms with Crippen molar-refractivity contribution < 1.29 is 29.3 Å². The van der Waals surface area contributed by atoms with Gasteiger partial charge in [-0.15, -0.1) is 0 Å². The molecule has 8 nitrogen and oxygen atoms in total. The third-order valence-corrected chi connectivity index (χ3v) is 4.02. The number of anilines is 1. The van der Waals surface area contributed by atoms with E-state index >= 15 is 0 Å².